The van der Waals surface area contributed by atoms with Gasteiger partial charge < -0.3 is 13.9 Å². The van der Waals surface area contributed by atoms with Crippen molar-refractivity contribution in [2.45, 2.75) is 31.2 Å². The lowest BCUT2D eigenvalue weighted by Crippen LogP contribution is -2.44. The summed E-state index contributed by atoms with van der Waals surface area (Å²) in [6, 6.07) is 15.6. The van der Waals surface area contributed by atoms with Gasteiger partial charge in [0.2, 0.25) is 15.9 Å². The predicted octanol–water partition coefficient (Wildman–Crippen LogP) is 4.93. The smallest absolute Gasteiger partial charge is 0.243 e. The second kappa shape index (κ2) is 11.1. The number of carbonyl (C=O) groups is 1. The number of furan rings is 1. The van der Waals surface area contributed by atoms with E-state index in [4.69, 9.17) is 18.9 Å². The minimum Gasteiger partial charge on any atom is -0.497 e. The Bertz CT molecular complexity index is 1490. The van der Waals surface area contributed by atoms with Gasteiger partial charge in [0.1, 0.15) is 17.3 Å². The molecule has 38 heavy (non-hydrogen) atoms. The lowest BCUT2D eigenvalue weighted by Gasteiger charge is -2.32. The van der Waals surface area contributed by atoms with Crippen LogP contribution in [0.4, 0.5) is 5.13 Å². The van der Waals surface area contributed by atoms with Crippen LogP contribution in [-0.4, -0.2) is 50.4 Å². The first-order valence-corrected chi connectivity index (χ1v) is 14.7. The molecule has 0 radical (unpaired) electrons. The zero-order valence-corrected chi connectivity index (χ0v) is 22.8. The van der Waals surface area contributed by atoms with E-state index in [2.05, 4.69) is 0 Å². The van der Waals surface area contributed by atoms with Crippen LogP contribution in [0.25, 0.3) is 10.2 Å². The zero-order chi connectivity index (χ0) is 26.7. The molecule has 0 aliphatic carbocycles. The quantitative estimate of drug-likeness (QED) is 0.289. The highest BCUT2D eigenvalue weighted by atomic mass is 32.2. The molecule has 1 aliphatic heterocycles. The zero-order valence-electron chi connectivity index (χ0n) is 21.2. The first kappa shape index (κ1) is 26.2. The largest absolute Gasteiger partial charge is 0.497 e. The first-order chi connectivity index (χ1) is 18.4. The minimum absolute atomic E-state index is 0.0908. The van der Waals surface area contributed by atoms with Gasteiger partial charge in [-0.2, -0.15) is 4.31 Å². The average molecular weight is 556 g/mol. The number of rotatable bonds is 9. The van der Waals surface area contributed by atoms with Crippen LogP contribution in [0, 0.1) is 5.92 Å². The molecule has 5 rings (SSSR count). The van der Waals surface area contributed by atoms with E-state index in [1.165, 1.54) is 22.8 Å². The van der Waals surface area contributed by atoms with Crippen molar-refractivity contribution in [3.8, 4) is 11.5 Å². The molecule has 3 heterocycles. The predicted molar refractivity (Wildman–Crippen MR) is 145 cm³/mol. The van der Waals surface area contributed by atoms with E-state index in [-0.39, 0.29) is 36.4 Å². The Morgan fingerprint density at radius 2 is 1.87 bits per heavy atom. The number of fused-ring (bicyclic) bond motifs is 1. The summed E-state index contributed by atoms with van der Waals surface area (Å²) in [6.45, 7) is 3.26. The van der Waals surface area contributed by atoms with Crippen molar-refractivity contribution in [3.63, 3.8) is 0 Å². The van der Waals surface area contributed by atoms with Gasteiger partial charge in [-0.1, -0.05) is 11.3 Å². The van der Waals surface area contributed by atoms with Gasteiger partial charge in [-0.3, -0.25) is 9.69 Å². The van der Waals surface area contributed by atoms with Gasteiger partial charge in [-0.15, -0.1) is 0 Å². The van der Waals surface area contributed by atoms with E-state index >= 15 is 0 Å². The number of nitrogens with zero attached hydrogens (tertiary/aromatic N) is 3. The van der Waals surface area contributed by atoms with Crippen molar-refractivity contribution < 1.29 is 27.1 Å². The van der Waals surface area contributed by atoms with E-state index in [1.54, 1.807) is 41.5 Å². The molecule has 2 aromatic carbocycles. The third kappa shape index (κ3) is 5.40. The van der Waals surface area contributed by atoms with E-state index in [1.807, 2.05) is 31.2 Å². The molecule has 1 aliphatic rings. The van der Waals surface area contributed by atoms with E-state index < -0.39 is 10.0 Å². The second-order valence-electron chi connectivity index (χ2n) is 8.92. The molecule has 0 bridgehead atoms. The van der Waals surface area contributed by atoms with Gasteiger partial charge in [-0.25, -0.2) is 13.4 Å². The number of hydrogen-bond acceptors (Lipinski definition) is 8. The summed E-state index contributed by atoms with van der Waals surface area (Å²) in [5.41, 5.74) is 0.783. The number of amides is 1. The molecule has 0 atom stereocenters. The van der Waals surface area contributed by atoms with Gasteiger partial charge in [0.25, 0.3) is 0 Å². The van der Waals surface area contributed by atoms with E-state index in [0.29, 0.717) is 36.1 Å². The summed E-state index contributed by atoms with van der Waals surface area (Å²) in [7, 11) is -2.13. The van der Waals surface area contributed by atoms with Gasteiger partial charge in [-0.05, 0) is 74.4 Å². The number of anilines is 1. The Hall–Kier alpha value is -3.41. The Morgan fingerprint density at radius 3 is 2.53 bits per heavy atom. The second-order valence-corrected chi connectivity index (χ2v) is 11.9. The number of aromatic nitrogens is 1. The molecular formula is C27H29N3O6S2. The van der Waals surface area contributed by atoms with Gasteiger partial charge >= 0.3 is 0 Å². The summed E-state index contributed by atoms with van der Waals surface area (Å²) >= 11 is 1.42. The van der Waals surface area contributed by atoms with Crippen LogP contribution >= 0.6 is 11.3 Å². The minimum atomic E-state index is -3.66. The Morgan fingerprint density at radius 1 is 1.13 bits per heavy atom. The monoisotopic (exact) mass is 555 g/mol. The molecule has 0 unspecified atom stereocenters. The highest BCUT2D eigenvalue weighted by Crippen LogP contribution is 2.35. The lowest BCUT2D eigenvalue weighted by atomic mass is 9.96. The molecule has 11 heteroatoms. The Balaban J connectivity index is 1.34. The molecule has 0 N–H and O–H groups in total. The van der Waals surface area contributed by atoms with Crippen LogP contribution in [0.1, 0.15) is 25.5 Å². The molecule has 9 nitrogen and oxygen atoms in total. The number of ether oxygens (including phenoxy) is 2. The fourth-order valence-electron chi connectivity index (χ4n) is 4.52. The molecule has 1 saturated heterocycles. The van der Waals surface area contributed by atoms with Crippen molar-refractivity contribution in [1.82, 2.24) is 9.29 Å². The van der Waals surface area contributed by atoms with Crippen LogP contribution in [0.15, 0.2) is 70.2 Å². The maximum absolute atomic E-state index is 13.8. The van der Waals surface area contributed by atoms with Crippen molar-refractivity contribution in [1.29, 1.82) is 0 Å². The first-order valence-electron chi connectivity index (χ1n) is 12.4. The fourth-order valence-corrected chi connectivity index (χ4v) is 6.99. The number of hydrogen-bond donors (Lipinski definition) is 0. The number of thiazole rings is 1. The summed E-state index contributed by atoms with van der Waals surface area (Å²) in [5.74, 6) is 1.57. The number of carbonyl (C=O) groups excluding carboxylic acids is 1. The standard InChI is InChI=1S/C27H29N3O6S2/c1-3-35-21-8-11-24-25(17-21)37-27(28-24)30(18-22-5-4-16-36-22)26(31)19-12-14-29(15-13-19)38(32,33)23-9-6-20(34-2)7-10-23/h4-11,16-17,19H,3,12-15,18H2,1-2H3. The summed E-state index contributed by atoms with van der Waals surface area (Å²) in [5, 5.41) is 0.573. The van der Waals surface area contributed by atoms with Crippen LogP contribution in [0.5, 0.6) is 11.5 Å². The van der Waals surface area contributed by atoms with Crippen LogP contribution in [0.2, 0.25) is 0 Å². The maximum atomic E-state index is 13.8. The van der Waals surface area contributed by atoms with E-state index in [9.17, 15) is 13.2 Å². The van der Waals surface area contributed by atoms with Crippen LogP contribution < -0.4 is 14.4 Å². The van der Waals surface area contributed by atoms with Crippen LogP contribution in [-0.2, 0) is 21.4 Å². The summed E-state index contributed by atoms with van der Waals surface area (Å²) < 4.78 is 45.0. The fraction of sp³-hybridized carbons (Fsp3) is 0.333. The molecule has 0 spiro atoms. The normalized spacial score (nSPS) is 15.0. The molecule has 1 fully saturated rings. The lowest BCUT2D eigenvalue weighted by molar-refractivity contribution is -0.123. The maximum Gasteiger partial charge on any atom is 0.243 e. The van der Waals surface area contributed by atoms with Crippen molar-refractivity contribution in [3.05, 3.63) is 66.6 Å². The van der Waals surface area contributed by atoms with E-state index in [0.717, 1.165) is 16.0 Å². The Kier molecular flexibility index (Phi) is 7.68. The number of benzene rings is 2. The summed E-state index contributed by atoms with van der Waals surface area (Å²) in [4.78, 5) is 20.4. The molecule has 4 aromatic rings. The van der Waals surface area contributed by atoms with Gasteiger partial charge in [0.15, 0.2) is 5.13 Å². The Labute approximate surface area is 225 Å². The SMILES string of the molecule is CCOc1ccc2nc(N(Cc3ccco3)C(=O)C3CCN(S(=O)(=O)c4ccc(OC)cc4)CC3)sc2c1. The van der Waals surface area contributed by atoms with Crippen molar-refractivity contribution in [2.75, 3.05) is 31.7 Å². The third-order valence-electron chi connectivity index (χ3n) is 6.55. The molecule has 0 saturated carbocycles. The molecule has 2 aromatic heterocycles. The number of methoxy groups -OCH3 is 1. The number of sulfonamides is 1. The highest BCUT2D eigenvalue weighted by molar-refractivity contribution is 7.89. The molecule has 200 valence electrons. The van der Waals surface area contributed by atoms with Crippen LogP contribution in [0.3, 0.4) is 0 Å². The van der Waals surface area contributed by atoms with Gasteiger partial charge in [0.05, 0.1) is 41.6 Å². The highest BCUT2D eigenvalue weighted by Gasteiger charge is 2.35. The van der Waals surface area contributed by atoms with Gasteiger partial charge in [0, 0.05) is 19.0 Å². The van der Waals surface area contributed by atoms with Crippen molar-refractivity contribution >= 4 is 42.6 Å². The van der Waals surface area contributed by atoms with Crippen molar-refractivity contribution in [2.24, 2.45) is 5.92 Å². The third-order valence-corrected chi connectivity index (χ3v) is 9.50. The average Bonchev–Trinajstić information content (AvgIpc) is 3.61. The molecular weight excluding hydrogens is 526 g/mol. The number of piperidine rings is 1. The topological polar surface area (TPSA) is 102 Å². The molecule has 1 amide bonds. The summed E-state index contributed by atoms with van der Waals surface area (Å²) in [6.07, 6.45) is 2.41.